The average Bonchev–Trinajstić information content (AvgIpc) is 2.36. The Balaban J connectivity index is 2.46. The second kappa shape index (κ2) is 5.09. The van der Waals surface area contributed by atoms with Crippen LogP contribution < -0.4 is 0 Å². The fourth-order valence-electron chi connectivity index (χ4n) is 1.97. The molecule has 0 radical (unpaired) electrons. The van der Waals surface area contributed by atoms with Crippen molar-refractivity contribution in [3.05, 3.63) is 0 Å². The van der Waals surface area contributed by atoms with Gasteiger partial charge in [0.2, 0.25) is 0 Å². The largest absolute Gasteiger partial charge is 0.460 e. The molecule has 2 nitrogen and oxygen atoms in total. The maximum atomic E-state index is 6.03. The Kier molecular flexibility index (Phi) is 4.47. The fraction of sp³-hybridized carbons (Fsp3) is 1.00. The van der Waals surface area contributed by atoms with Gasteiger partial charge in [0, 0.05) is 0 Å². The molecule has 1 heterocycles. The van der Waals surface area contributed by atoms with Crippen molar-refractivity contribution in [1.82, 2.24) is 0 Å². The topological polar surface area (TPSA) is 18.5 Å². The molecule has 1 atom stereocenters. The van der Waals surface area contributed by atoms with Gasteiger partial charge in [0.15, 0.2) is 0 Å². The van der Waals surface area contributed by atoms with Crippen LogP contribution in [0.15, 0.2) is 0 Å². The van der Waals surface area contributed by atoms with Gasteiger partial charge in [-0.25, -0.2) is 0 Å². The van der Waals surface area contributed by atoms with Gasteiger partial charge in [-0.3, -0.25) is 0 Å². The molecule has 0 amide bonds. The Bertz CT molecular complexity index is 210. The molecule has 1 fully saturated rings. The van der Waals surface area contributed by atoms with Gasteiger partial charge in [-0.1, -0.05) is 39.5 Å². The van der Waals surface area contributed by atoms with Crippen molar-refractivity contribution >= 4 is 7.12 Å². The summed E-state index contributed by atoms with van der Waals surface area (Å²) in [5.41, 5.74) is -0.368. The van der Waals surface area contributed by atoms with Crippen LogP contribution in [-0.2, 0) is 9.31 Å². The van der Waals surface area contributed by atoms with Crippen molar-refractivity contribution in [1.29, 1.82) is 0 Å². The van der Waals surface area contributed by atoms with Crippen LogP contribution in [0.25, 0.3) is 0 Å². The van der Waals surface area contributed by atoms with Gasteiger partial charge in [-0.05, 0) is 33.5 Å². The summed E-state index contributed by atoms with van der Waals surface area (Å²) in [6.45, 7) is 12.9. The number of rotatable bonds is 5. The predicted molar refractivity (Wildman–Crippen MR) is 69.6 cm³/mol. The van der Waals surface area contributed by atoms with Crippen LogP contribution in [-0.4, -0.2) is 18.3 Å². The fourth-order valence-corrected chi connectivity index (χ4v) is 1.97. The van der Waals surface area contributed by atoms with Crippen molar-refractivity contribution in [2.24, 2.45) is 0 Å². The Hall–Kier alpha value is -0.0151. The van der Waals surface area contributed by atoms with Gasteiger partial charge in [0.25, 0.3) is 0 Å². The van der Waals surface area contributed by atoms with Crippen molar-refractivity contribution < 1.29 is 9.31 Å². The maximum absolute atomic E-state index is 6.03. The monoisotopic (exact) mass is 226 g/mol. The molecule has 0 bridgehead atoms. The summed E-state index contributed by atoms with van der Waals surface area (Å²) in [6.07, 6.45) is 5.06. The minimum absolute atomic E-state index is 0.0261. The normalized spacial score (nSPS) is 24.8. The van der Waals surface area contributed by atoms with Gasteiger partial charge in [0.05, 0.1) is 11.2 Å². The van der Waals surface area contributed by atoms with Crippen molar-refractivity contribution in [2.75, 3.05) is 0 Å². The molecule has 1 rings (SSSR count). The molecule has 0 N–H and O–H groups in total. The molecular weight excluding hydrogens is 199 g/mol. The van der Waals surface area contributed by atoms with E-state index in [1.54, 1.807) is 0 Å². The molecule has 1 aliphatic rings. The molecule has 0 spiro atoms. The van der Waals surface area contributed by atoms with E-state index in [4.69, 9.17) is 9.31 Å². The number of hydrogen-bond acceptors (Lipinski definition) is 2. The summed E-state index contributed by atoms with van der Waals surface area (Å²) in [6, 6.07) is 0. The number of unbranched alkanes of at least 4 members (excludes halogenated alkanes) is 2. The lowest BCUT2D eigenvalue weighted by Crippen LogP contribution is -2.41. The molecule has 0 aromatic rings. The zero-order valence-corrected chi connectivity index (χ0v) is 11.8. The van der Waals surface area contributed by atoms with E-state index in [-0.39, 0.29) is 18.3 Å². The second-order valence-corrected chi connectivity index (χ2v) is 6.10. The van der Waals surface area contributed by atoms with Crippen molar-refractivity contribution in [3.63, 3.8) is 0 Å². The van der Waals surface area contributed by atoms with E-state index in [1.165, 1.54) is 25.7 Å². The van der Waals surface area contributed by atoms with E-state index < -0.39 is 0 Å². The zero-order chi connectivity index (χ0) is 12.4. The standard InChI is InChI=1S/C13H27BO2/c1-7-8-9-10-11(2)14-15-12(3,4)13(5,6)16-14/h11H,7-10H2,1-6H3. The van der Waals surface area contributed by atoms with Crippen LogP contribution in [0, 0.1) is 0 Å². The molecule has 94 valence electrons. The first kappa shape index (κ1) is 14.0. The Morgan fingerprint density at radius 1 is 1.00 bits per heavy atom. The smallest absolute Gasteiger partial charge is 0.403 e. The van der Waals surface area contributed by atoms with E-state index in [0.29, 0.717) is 5.82 Å². The summed E-state index contributed by atoms with van der Waals surface area (Å²) in [7, 11) is -0.0261. The average molecular weight is 226 g/mol. The maximum Gasteiger partial charge on any atom is 0.460 e. The summed E-state index contributed by atoms with van der Waals surface area (Å²) in [5.74, 6) is 0.493. The summed E-state index contributed by atoms with van der Waals surface area (Å²) in [5, 5.41) is 0. The third-order valence-electron chi connectivity index (χ3n) is 4.00. The van der Waals surface area contributed by atoms with Crippen molar-refractivity contribution in [3.8, 4) is 0 Å². The van der Waals surface area contributed by atoms with E-state index in [9.17, 15) is 0 Å². The lowest BCUT2D eigenvalue weighted by Gasteiger charge is -2.32. The Morgan fingerprint density at radius 3 is 1.94 bits per heavy atom. The third kappa shape index (κ3) is 3.01. The van der Waals surface area contributed by atoms with Crippen LogP contribution in [0.1, 0.15) is 67.2 Å². The molecule has 1 unspecified atom stereocenters. The summed E-state index contributed by atoms with van der Waals surface area (Å²) >= 11 is 0. The molecule has 1 aliphatic heterocycles. The van der Waals surface area contributed by atoms with Gasteiger partial charge < -0.3 is 9.31 Å². The molecule has 0 aliphatic carbocycles. The van der Waals surface area contributed by atoms with Crippen LogP contribution in [0.5, 0.6) is 0 Å². The van der Waals surface area contributed by atoms with Crippen LogP contribution in [0.4, 0.5) is 0 Å². The first-order chi connectivity index (χ1) is 7.30. The Labute approximate surface area is 101 Å². The van der Waals surface area contributed by atoms with E-state index in [0.717, 1.165) is 0 Å². The molecule has 16 heavy (non-hydrogen) atoms. The van der Waals surface area contributed by atoms with E-state index >= 15 is 0 Å². The number of hydrogen-bond donors (Lipinski definition) is 0. The first-order valence-corrected chi connectivity index (χ1v) is 6.66. The first-order valence-electron chi connectivity index (χ1n) is 6.66. The van der Waals surface area contributed by atoms with Crippen LogP contribution in [0.2, 0.25) is 5.82 Å². The van der Waals surface area contributed by atoms with E-state index in [2.05, 4.69) is 41.5 Å². The summed E-state index contributed by atoms with van der Waals surface area (Å²) in [4.78, 5) is 0. The molecular formula is C13H27BO2. The van der Waals surface area contributed by atoms with Gasteiger partial charge >= 0.3 is 7.12 Å². The SMILES string of the molecule is CCCCCC(C)B1OC(C)(C)C(C)(C)O1. The van der Waals surface area contributed by atoms with Gasteiger partial charge in [-0.15, -0.1) is 0 Å². The third-order valence-corrected chi connectivity index (χ3v) is 4.00. The highest BCUT2D eigenvalue weighted by Crippen LogP contribution is 2.40. The van der Waals surface area contributed by atoms with Crippen LogP contribution >= 0.6 is 0 Å². The highest BCUT2D eigenvalue weighted by Gasteiger charge is 2.52. The minimum Gasteiger partial charge on any atom is -0.403 e. The zero-order valence-electron chi connectivity index (χ0n) is 11.8. The minimum atomic E-state index is -0.184. The van der Waals surface area contributed by atoms with Crippen molar-refractivity contribution in [2.45, 2.75) is 84.2 Å². The molecule has 0 aromatic carbocycles. The summed E-state index contributed by atoms with van der Waals surface area (Å²) < 4.78 is 12.1. The van der Waals surface area contributed by atoms with E-state index in [1.807, 2.05) is 0 Å². The van der Waals surface area contributed by atoms with Crippen LogP contribution in [0.3, 0.4) is 0 Å². The highest BCUT2D eigenvalue weighted by molar-refractivity contribution is 6.47. The molecule has 3 heteroatoms. The lowest BCUT2D eigenvalue weighted by molar-refractivity contribution is 0.00578. The van der Waals surface area contributed by atoms with Gasteiger partial charge in [-0.2, -0.15) is 0 Å². The highest BCUT2D eigenvalue weighted by atomic mass is 16.7. The quantitative estimate of drug-likeness (QED) is 0.520. The lowest BCUT2D eigenvalue weighted by atomic mass is 9.70. The molecule has 0 saturated carbocycles. The van der Waals surface area contributed by atoms with Gasteiger partial charge in [0.1, 0.15) is 0 Å². The predicted octanol–water partition coefficient (Wildman–Crippen LogP) is 4.05. The second-order valence-electron chi connectivity index (χ2n) is 6.10. The Morgan fingerprint density at radius 2 is 1.50 bits per heavy atom. The molecule has 1 saturated heterocycles. The molecule has 0 aromatic heterocycles.